The van der Waals surface area contributed by atoms with Crippen molar-refractivity contribution >= 4 is 29.1 Å². The van der Waals surface area contributed by atoms with E-state index >= 15 is 0 Å². The van der Waals surface area contributed by atoms with E-state index in [0.29, 0.717) is 62.3 Å². The molecule has 1 fully saturated rings. The normalized spacial score (nSPS) is 16.3. The molecule has 42 heavy (non-hydrogen) atoms. The van der Waals surface area contributed by atoms with Crippen molar-refractivity contribution in [2.45, 2.75) is 18.9 Å². The van der Waals surface area contributed by atoms with E-state index in [4.69, 9.17) is 21.1 Å². The highest BCUT2D eigenvalue weighted by molar-refractivity contribution is 6.29. The molecule has 4 aromatic rings. The number of halogens is 1. The smallest absolute Gasteiger partial charge is 0.255 e. The predicted octanol–water partition coefficient (Wildman–Crippen LogP) is 3.17. The SMILES string of the molecule is O=C(CC1CN(C(=O)c2cccnc2)CCN1c1cc(Cl)nc(-n2ccnc2)c1)NCCc1ccc2c(c1)OCCO2. The number of fused-ring (bicyclic) bond motifs is 1. The van der Waals surface area contributed by atoms with Crippen LogP contribution in [0.25, 0.3) is 5.82 Å². The number of hydrogen-bond acceptors (Lipinski definition) is 8. The van der Waals surface area contributed by atoms with E-state index in [1.54, 1.807) is 58.8 Å². The maximum atomic E-state index is 13.3. The van der Waals surface area contributed by atoms with Crippen molar-refractivity contribution in [3.8, 4) is 17.3 Å². The summed E-state index contributed by atoms with van der Waals surface area (Å²) in [5, 5.41) is 3.38. The van der Waals surface area contributed by atoms with Gasteiger partial charge >= 0.3 is 0 Å². The van der Waals surface area contributed by atoms with Crippen LogP contribution >= 0.6 is 11.6 Å². The Kier molecular flexibility index (Phi) is 8.18. The lowest BCUT2D eigenvalue weighted by atomic mass is 10.1. The van der Waals surface area contributed by atoms with Crippen LogP contribution in [0.15, 0.2) is 73.6 Å². The second kappa shape index (κ2) is 12.5. The van der Waals surface area contributed by atoms with Crippen molar-refractivity contribution in [1.82, 2.24) is 29.7 Å². The van der Waals surface area contributed by atoms with E-state index < -0.39 is 0 Å². The van der Waals surface area contributed by atoms with Gasteiger partial charge in [-0.25, -0.2) is 9.97 Å². The zero-order chi connectivity index (χ0) is 28.9. The second-order valence-electron chi connectivity index (χ2n) is 10.1. The van der Waals surface area contributed by atoms with E-state index in [2.05, 4.69) is 25.2 Å². The quantitative estimate of drug-likeness (QED) is 0.313. The lowest BCUT2D eigenvalue weighted by molar-refractivity contribution is -0.121. The average molecular weight is 588 g/mol. The minimum absolute atomic E-state index is 0.104. The maximum Gasteiger partial charge on any atom is 0.255 e. The van der Waals surface area contributed by atoms with Crippen LogP contribution in [0.4, 0.5) is 5.69 Å². The highest BCUT2D eigenvalue weighted by Crippen LogP contribution is 2.31. The predicted molar refractivity (Wildman–Crippen MR) is 156 cm³/mol. The van der Waals surface area contributed by atoms with Crippen LogP contribution in [-0.4, -0.2) is 81.7 Å². The minimum atomic E-state index is -0.289. The number of aromatic nitrogens is 4. The molecule has 12 heteroatoms. The molecule has 2 aliphatic rings. The van der Waals surface area contributed by atoms with Crippen LogP contribution in [0.1, 0.15) is 22.3 Å². The van der Waals surface area contributed by atoms with Gasteiger partial charge in [0.1, 0.15) is 30.5 Å². The van der Waals surface area contributed by atoms with Crippen LogP contribution in [0, 0.1) is 0 Å². The number of ether oxygens (including phenoxy) is 2. The van der Waals surface area contributed by atoms with E-state index in [1.807, 2.05) is 24.3 Å². The zero-order valence-electron chi connectivity index (χ0n) is 22.9. The third-order valence-corrected chi connectivity index (χ3v) is 7.50. The van der Waals surface area contributed by atoms with Gasteiger partial charge in [0.25, 0.3) is 5.91 Å². The Morgan fingerprint density at radius 1 is 1.02 bits per heavy atom. The summed E-state index contributed by atoms with van der Waals surface area (Å²) in [6.07, 6.45) is 9.16. The third-order valence-electron chi connectivity index (χ3n) is 7.31. The number of carbonyl (C=O) groups is 2. The number of anilines is 1. The molecule has 1 atom stereocenters. The van der Waals surface area contributed by atoms with Gasteiger partial charge in [-0.1, -0.05) is 17.7 Å². The number of nitrogens with zero attached hydrogens (tertiary/aromatic N) is 6. The summed E-state index contributed by atoms with van der Waals surface area (Å²) in [5.74, 6) is 1.87. The summed E-state index contributed by atoms with van der Waals surface area (Å²) in [7, 11) is 0. The molecular formula is C30H30ClN7O4. The van der Waals surface area contributed by atoms with Gasteiger partial charge in [-0.2, -0.15) is 0 Å². The van der Waals surface area contributed by atoms with Crippen molar-refractivity contribution in [2.75, 3.05) is 44.3 Å². The topological polar surface area (TPSA) is 115 Å². The molecule has 0 aliphatic carbocycles. The molecule has 6 rings (SSSR count). The Balaban J connectivity index is 1.17. The monoisotopic (exact) mass is 587 g/mol. The Hall–Kier alpha value is -4.64. The number of benzene rings is 1. The van der Waals surface area contributed by atoms with E-state index in [0.717, 1.165) is 22.7 Å². The van der Waals surface area contributed by atoms with E-state index in [9.17, 15) is 9.59 Å². The lowest BCUT2D eigenvalue weighted by Gasteiger charge is -2.42. The number of rotatable bonds is 8. The van der Waals surface area contributed by atoms with Gasteiger partial charge in [-0.3, -0.25) is 19.1 Å². The highest BCUT2D eigenvalue weighted by atomic mass is 35.5. The summed E-state index contributed by atoms with van der Waals surface area (Å²) in [5.41, 5.74) is 2.38. The number of amides is 2. The fourth-order valence-corrected chi connectivity index (χ4v) is 5.46. The van der Waals surface area contributed by atoms with Crippen LogP contribution in [0.5, 0.6) is 11.5 Å². The summed E-state index contributed by atoms with van der Waals surface area (Å²) in [6.45, 7) is 2.90. The zero-order valence-corrected chi connectivity index (χ0v) is 23.6. The summed E-state index contributed by atoms with van der Waals surface area (Å²) in [4.78, 5) is 43.0. The first-order chi connectivity index (χ1) is 20.5. The Labute approximate surface area is 248 Å². The Bertz CT molecular complexity index is 1550. The van der Waals surface area contributed by atoms with Crippen LogP contribution in [0.2, 0.25) is 5.15 Å². The van der Waals surface area contributed by atoms with Crippen molar-refractivity contribution in [2.24, 2.45) is 0 Å². The molecule has 2 aliphatic heterocycles. The van der Waals surface area contributed by atoms with Gasteiger partial charge in [-0.05, 0) is 42.3 Å². The van der Waals surface area contributed by atoms with Crippen molar-refractivity contribution in [1.29, 1.82) is 0 Å². The molecule has 1 N–H and O–H groups in total. The van der Waals surface area contributed by atoms with Crippen LogP contribution in [0.3, 0.4) is 0 Å². The van der Waals surface area contributed by atoms with Gasteiger partial charge < -0.3 is 24.6 Å². The van der Waals surface area contributed by atoms with Gasteiger partial charge in [0.15, 0.2) is 11.5 Å². The van der Waals surface area contributed by atoms with Gasteiger partial charge in [0.2, 0.25) is 5.91 Å². The molecule has 0 radical (unpaired) electrons. The Morgan fingerprint density at radius 3 is 2.71 bits per heavy atom. The summed E-state index contributed by atoms with van der Waals surface area (Å²) >= 11 is 6.43. The van der Waals surface area contributed by atoms with Crippen molar-refractivity contribution < 1.29 is 19.1 Å². The van der Waals surface area contributed by atoms with Gasteiger partial charge in [0, 0.05) is 69.1 Å². The summed E-state index contributed by atoms with van der Waals surface area (Å²) < 4.78 is 13.0. The number of nitrogens with one attached hydrogen (secondary N) is 1. The maximum absolute atomic E-state index is 13.3. The molecule has 1 aromatic carbocycles. The average Bonchev–Trinajstić information content (AvgIpc) is 3.56. The van der Waals surface area contributed by atoms with E-state index in [-0.39, 0.29) is 24.3 Å². The first kappa shape index (κ1) is 27.5. The molecule has 5 heterocycles. The van der Waals surface area contributed by atoms with Gasteiger partial charge in [0.05, 0.1) is 11.6 Å². The van der Waals surface area contributed by atoms with Gasteiger partial charge in [-0.15, -0.1) is 0 Å². The molecule has 1 saturated heterocycles. The Morgan fingerprint density at radius 2 is 1.90 bits per heavy atom. The minimum Gasteiger partial charge on any atom is -0.486 e. The number of hydrogen-bond donors (Lipinski definition) is 1. The number of imidazole rings is 1. The molecule has 11 nitrogen and oxygen atoms in total. The standard InChI is InChI=1S/C30H30ClN7O4/c31-27-15-23(16-28(35-27)37-9-8-33-20-37)38-11-10-36(30(40)22-2-1-6-32-18-22)19-24(38)17-29(39)34-7-5-21-3-4-25-26(14-21)42-13-12-41-25/h1-4,6,8-9,14-16,18,20,24H,5,7,10-13,17,19H2,(H,34,39). The molecule has 0 saturated carbocycles. The highest BCUT2D eigenvalue weighted by Gasteiger charge is 2.32. The largest absolute Gasteiger partial charge is 0.486 e. The van der Waals surface area contributed by atoms with Crippen molar-refractivity contribution in [3.63, 3.8) is 0 Å². The molecular weight excluding hydrogens is 558 g/mol. The first-order valence-corrected chi connectivity index (χ1v) is 14.2. The number of carbonyl (C=O) groups excluding carboxylic acids is 2. The van der Waals surface area contributed by atoms with E-state index in [1.165, 1.54) is 0 Å². The first-order valence-electron chi connectivity index (χ1n) is 13.8. The van der Waals surface area contributed by atoms with Crippen LogP contribution in [-0.2, 0) is 11.2 Å². The van der Waals surface area contributed by atoms with Crippen molar-refractivity contribution in [3.05, 3.63) is 89.9 Å². The fraction of sp³-hybridized carbons (Fsp3) is 0.300. The van der Waals surface area contributed by atoms with Crippen LogP contribution < -0.4 is 19.7 Å². The summed E-state index contributed by atoms with van der Waals surface area (Å²) in [6, 6.07) is 12.7. The number of piperazine rings is 1. The molecule has 0 spiro atoms. The molecule has 216 valence electrons. The third kappa shape index (κ3) is 6.31. The molecule has 1 unspecified atom stereocenters. The fourth-order valence-electron chi connectivity index (χ4n) is 5.26. The number of pyridine rings is 2. The second-order valence-corrected chi connectivity index (χ2v) is 10.5. The molecule has 3 aromatic heterocycles. The lowest BCUT2D eigenvalue weighted by Crippen LogP contribution is -2.56. The molecule has 2 amide bonds. The molecule has 0 bridgehead atoms.